The van der Waals surface area contributed by atoms with Gasteiger partial charge in [0.15, 0.2) is 0 Å². The number of benzene rings is 2. The van der Waals surface area contributed by atoms with Crippen LogP contribution in [0.2, 0.25) is 0 Å². The average Bonchev–Trinajstić information content (AvgIpc) is 3.16. The highest BCUT2D eigenvalue weighted by Crippen LogP contribution is 2.29. The average molecular weight is 584 g/mol. The number of amides is 2. The number of halogens is 4. The molecule has 0 saturated carbocycles. The van der Waals surface area contributed by atoms with E-state index in [0.717, 1.165) is 10.4 Å². The van der Waals surface area contributed by atoms with Gasteiger partial charge in [0.2, 0.25) is 5.82 Å². The van der Waals surface area contributed by atoms with E-state index >= 15 is 0 Å². The second-order valence-electron chi connectivity index (χ2n) is 8.23. The van der Waals surface area contributed by atoms with E-state index in [1.165, 1.54) is 6.92 Å². The first-order valence-corrected chi connectivity index (χ1v) is 13.1. The molecule has 0 aliphatic rings. The van der Waals surface area contributed by atoms with Gasteiger partial charge in [0.05, 0.1) is 17.7 Å². The Labute approximate surface area is 219 Å². The van der Waals surface area contributed by atoms with Gasteiger partial charge < -0.3 is 10.6 Å². The number of alkyl halides is 3. The van der Waals surface area contributed by atoms with Crippen LogP contribution in [0, 0.1) is 13.8 Å². The number of aromatic nitrogens is 3. The minimum Gasteiger partial charge on any atom is -0.349 e. The Morgan fingerprint density at radius 2 is 1.89 bits per heavy atom. The third-order valence-corrected chi connectivity index (χ3v) is 6.68. The number of rotatable bonds is 8. The second kappa shape index (κ2) is 11.5. The van der Waals surface area contributed by atoms with Crippen LogP contribution >= 0.6 is 27.7 Å². The molecule has 36 heavy (non-hydrogen) atoms. The van der Waals surface area contributed by atoms with Crippen molar-refractivity contribution in [2.75, 3.05) is 17.3 Å². The third kappa shape index (κ3) is 6.67. The van der Waals surface area contributed by atoms with Gasteiger partial charge in [0.1, 0.15) is 5.82 Å². The van der Waals surface area contributed by atoms with Crippen molar-refractivity contribution >= 4 is 45.2 Å². The summed E-state index contributed by atoms with van der Waals surface area (Å²) in [7, 11) is 0. The molecule has 1 aromatic heterocycles. The minimum absolute atomic E-state index is 0.0274. The molecule has 0 radical (unpaired) electrons. The molecule has 0 fully saturated rings. The van der Waals surface area contributed by atoms with Gasteiger partial charge >= 0.3 is 6.18 Å². The molecule has 12 heteroatoms. The molecule has 1 atom stereocenters. The fraction of sp³-hybridized carbons (Fsp3) is 0.333. The van der Waals surface area contributed by atoms with Crippen molar-refractivity contribution < 1.29 is 22.8 Å². The number of aryl methyl sites for hydroxylation is 2. The molecule has 2 N–H and O–H groups in total. The maximum absolute atomic E-state index is 13.2. The van der Waals surface area contributed by atoms with Gasteiger partial charge in [-0.05, 0) is 72.3 Å². The summed E-state index contributed by atoms with van der Waals surface area (Å²) in [4.78, 5) is 29.5. The zero-order chi connectivity index (χ0) is 26.6. The monoisotopic (exact) mass is 583 g/mol. The Hall–Kier alpha value is -2.86. The molecule has 7 nitrogen and oxygen atoms in total. The smallest absolute Gasteiger partial charge is 0.349 e. The Morgan fingerprint density at radius 3 is 2.53 bits per heavy atom. The summed E-state index contributed by atoms with van der Waals surface area (Å²) in [6.45, 7) is 4.88. The number of hydrogen-bond donors (Lipinski definition) is 2. The topological polar surface area (TPSA) is 88.9 Å². The number of carbonyl (C=O) groups excluding carboxylic acids is 2. The number of nitrogens with zero attached hydrogens (tertiary/aromatic N) is 3. The number of nitrogens with one attached hydrogen (secondary N) is 2. The highest BCUT2D eigenvalue weighted by molar-refractivity contribution is 9.10. The molecule has 2 amide bonds. The first kappa shape index (κ1) is 27.7. The summed E-state index contributed by atoms with van der Waals surface area (Å²) in [5.41, 5.74) is 2.08. The molecular formula is C24H25BrF3N5O2S. The third-order valence-electron chi connectivity index (χ3n) is 5.18. The lowest BCUT2D eigenvalue weighted by atomic mass is 10.0. The molecule has 0 spiro atoms. The van der Waals surface area contributed by atoms with Gasteiger partial charge in [-0.1, -0.05) is 18.2 Å². The summed E-state index contributed by atoms with van der Waals surface area (Å²) in [5.74, 6) is -1.17. The Bertz CT molecular complexity index is 1280. The fourth-order valence-electron chi connectivity index (χ4n) is 3.63. The lowest BCUT2D eigenvalue weighted by Gasteiger charge is -2.16. The summed E-state index contributed by atoms with van der Waals surface area (Å²) in [6.07, 6.45) is -2.68. The first-order valence-electron chi connectivity index (χ1n) is 10.9. The van der Waals surface area contributed by atoms with E-state index in [2.05, 4.69) is 36.6 Å². The maximum Gasteiger partial charge on any atom is 0.451 e. The summed E-state index contributed by atoms with van der Waals surface area (Å²) < 4.78 is 41.0. The van der Waals surface area contributed by atoms with Crippen molar-refractivity contribution in [3.63, 3.8) is 0 Å². The quantitative estimate of drug-likeness (QED) is 0.367. The second-order valence-corrected chi connectivity index (χ2v) is 10.00. The lowest BCUT2D eigenvalue weighted by molar-refractivity contribution is -0.147. The van der Waals surface area contributed by atoms with Gasteiger partial charge in [0, 0.05) is 22.0 Å². The van der Waals surface area contributed by atoms with Crippen molar-refractivity contribution in [3.8, 4) is 0 Å². The molecule has 0 bridgehead atoms. The number of carbonyl (C=O) groups is 2. The molecule has 0 unspecified atom stereocenters. The van der Waals surface area contributed by atoms with Crippen molar-refractivity contribution in [1.29, 1.82) is 0 Å². The van der Waals surface area contributed by atoms with E-state index in [0.29, 0.717) is 21.3 Å². The zero-order valence-electron chi connectivity index (χ0n) is 20.0. The molecule has 3 rings (SSSR count). The molecule has 0 aliphatic heterocycles. The summed E-state index contributed by atoms with van der Waals surface area (Å²) >= 11 is 4.97. The predicted molar refractivity (Wildman–Crippen MR) is 137 cm³/mol. The van der Waals surface area contributed by atoms with Crippen LogP contribution in [-0.2, 0) is 12.7 Å². The van der Waals surface area contributed by atoms with E-state index < -0.39 is 17.9 Å². The van der Waals surface area contributed by atoms with Crippen molar-refractivity contribution in [2.24, 2.45) is 0 Å². The normalized spacial score (nSPS) is 12.3. The molecule has 0 aliphatic carbocycles. The summed E-state index contributed by atoms with van der Waals surface area (Å²) in [5, 5.41) is 9.54. The van der Waals surface area contributed by atoms with E-state index in [-0.39, 0.29) is 35.4 Å². The number of thioether (sulfide) groups is 1. The molecule has 3 aromatic rings. The Morgan fingerprint density at radius 1 is 1.17 bits per heavy atom. The van der Waals surface area contributed by atoms with Crippen LogP contribution in [0.3, 0.4) is 0 Å². The van der Waals surface area contributed by atoms with Crippen LogP contribution in [0.4, 0.5) is 18.9 Å². The van der Waals surface area contributed by atoms with Crippen LogP contribution in [0.15, 0.2) is 40.9 Å². The van der Waals surface area contributed by atoms with Crippen LogP contribution < -0.4 is 10.6 Å². The van der Waals surface area contributed by atoms with E-state index in [4.69, 9.17) is 0 Å². The van der Waals surface area contributed by atoms with Crippen LogP contribution in [0.1, 0.15) is 50.4 Å². The van der Waals surface area contributed by atoms with Crippen LogP contribution in [0.25, 0.3) is 0 Å². The van der Waals surface area contributed by atoms with Crippen molar-refractivity contribution in [1.82, 2.24) is 20.1 Å². The van der Waals surface area contributed by atoms with Crippen LogP contribution in [-0.4, -0.2) is 44.6 Å². The molecule has 192 valence electrons. The highest BCUT2D eigenvalue weighted by Gasteiger charge is 2.37. The van der Waals surface area contributed by atoms with Gasteiger partial charge in [0.25, 0.3) is 11.8 Å². The van der Waals surface area contributed by atoms with Gasteiger partial charge in [-0.3, -0.25) is 9.59 Å². The Kier molecular flexibility index (Phi) is 8.83. The number of hydrogen-bond acceptors (Lipinski definition) is 5. The SMILES string of the molecule is CSC[C@H](C)NC(=O)c1c(Br)cccc1C(=O)Nc1ccc(Cn2nc(C)nc2C(F)(F)F)cc1C. The van der Waals surface area contributed by atoms with Crippen molar-refractivity contribution in [2.45, 2.75) is 39.5 Å². The van der Waals surface area contributed by atoms with Gasteiger partial charge in [-0.25, -0.2) is 9.67 Å². The standard InChI is InChI=1S/C24H25BrF3N5O2S/c1-13-10-16(11-33-23(24(26,27)28)30-15(3)32-33)8-9-19(13)31-21(34)17-6-5-7-18(25)20(17)22(35)29-14(2)12-36-4/h5-10,14H,11-12H2,1-4H3,(H,29,35)(H,31,34)/t14-/m0/s1. The zero-order valence-corrected chi connectivity index (χ0v) is 22.4. The van der Waals surface area contributed by atoms with Gasteiger partial charge in [-0.2, -0.15) is 30.0 Å². The molecule has 1 heterocycles. The Balaban J connectivity index is 1.81. The van der Waals surface area contributed by atoms with Crippen LogP contribution in [0.5, 0.6) is 0 Å². The largest absolute Gasteiger partial charge is 0.451 e. The van der Waals surface area contributed by atoms with Gasteiger partial charge in [-0.15, -0.1) is 0 Å². The maximum atomic E-state index is 13.2. The predicted octanol–water partition coefficient (Wildman–Crippen LogP) is 5.46. The summed E-state index contributed by atoms with van der Waals surface area (Å²) in [6, 6.07) is 9.71. The molecule has 2 aromatic carbocycles. The fourth-order valence-corrected chi connectivity index (χ4v) is 4.76. The minimum atomic E-state index is -4.62. The number of anilines is 1. The van der Waals surface area contributed by atoms with E-state index in [9.17, 15) is 22.8 Å². The lowest BCUT2D eigenvalue weighted by Crippen LogP contribution is -2.35. The van der Waals surface area contributed by atoms with Crippen molar-refractivity contribution in [3.05, 3.63) is 74.8 Å². The molecule has 0 saturated heterocycles. The van der Waals surface area contributed by atoms with E-state index in [1.807, 2.05) is 13.2 Å². The molecular weight excluding hydrogens is 559 g/mol. The highest BCUT2D eigenvalue weighted by atomic mass is 79.9. The first-order chi connectivity index (χ1) is 16.9. The van der Waals surface area contributed by atoms with E-state index in [1.54, 1.807) is 55.1 Å².